The fourth-order valence-electron chi connectivity index (χ4n) is 5.47. The Morgan fingerprint density at radius 1 is 1.21 bits per heavy atom. The first kappa shape index (κ1) is 19.6. The first-order chi connectivity index (χ1) is 13.7. The van der Waals surface area contributed by atoms with E-state index in [1.54, 1.807) is 24.3 Å². The van der Waals surface area contributed by atoms with Gasteiger partial charge in [-0.1, -0.05) is 39.0 Å². The molecule has 2 aromatic rings. The second-order valence-corrected chi connectivity index (χ2v) is 9.62. The molecular weight excluding hydrogens is 370 g/mol. The van der Waals surface area contributed by atoms with Crippen LogP contribution in [-0.2, 0) is 20.7 Å². The Morgan fingerprint density at radius 2 is 1.93 bits per heavy atom. The van der Waals surface area contributed by atoms with E-state index in [-0.39, 0.29) is 41.4 Å². The Bertz CT molecular complexity index is 1030. The van der Waals surface area contributed by atoms with Crippen LogP contribution in [0.1, 0.15) is 45.7 Å². The summed E-state index contributed by atoms with van der Waals surface area (Å²) in [6.07, 6.45) is 3.00. The monoisotopic (exact) mass is 397 g/mol. The molecule has 29 heavy (non-hydrogen) atoms. The van der Waals surface area contributed by atoms with Gasteiger partial charge in [0, 0.05) is 18.0 Å². The SMILES string of the molecule is CC1(C)C[C@H]2C[C@](C)(CN2C(=O)COC(=O)Cc2n[nH]c(=O)c3ccccc23)C1. The molecule has 1 saturated carbocycles. The van der Waals surface area contributed by atoms with Crippen molar-refractivity contribution >= 4 is 22.6 Å². The maximum atomic E-state index is 12.7. The number of benzene rings is 1. The standard InChI is InChI=1S/C22H27N3O4/c1-21(2)9-14-10-22(3,12-21)13-25(14)18(26)11-29-19(27)8-17-15-6-4-5-7-16(15)20(28)24-23-17/h4-7,14H,8-13H2,1-3H3,(H,24,28)/t14-,22-/m0/s1. The van der Waals surface area contributed by atoms with E-state index in [1.165, 1.54) is 0 Å². The van der Waals surface area contributed by atoms with E-state index in [2.05, 4.69) is 31.0 Å². The number of rotatable bonds is 4. The largest absolute Gasteiger partial charge is 0.455 e. The maximum absolute atomic E-state index is 12.7. The number of hydrogen-bond donors (Lipinski definition) is 1. The molecule has 4 rings (SSSR count). The van der Waals surface area contributed by atoms with Gasteiger partial charge in [0.1, 0.15) is 0 Å². The van der Waals surface area contributed by atoms with Crippen LogP contribution in [0.3, 0.4) is 0 Å². The summed E-state index contributed by atoms with van der Waals surface area (Å²) < 4.78 is 5.27. The quantitative estimate of drug-likeness (QED) is 0.800. The molecule has 0 unspecified atom stereocenters. The van der Waals surface area contributed by atoms with Crippen molar-refractivity contribution in [3.05, 3.63) is 40.3 Å². The van der Waals surface area contributed by atoms with E-state index in [0.717, 1.165) is 25.8 Å². The second-order valence-electron chi connectivity index (χ2n) is 9.62. The summed E-state index contributed by atoms with van der Waals surface area (Å²) in [4.78, 5) is 38.8. The van der Waals surface area contributed by atoms with Crippen molar-refractivity contribution in [3.63, 3.8) is 0 Å². The summed E-state index contributed by atoms with van der Waals surface area (Å²) in [5, 5.41) is 7.48. The number of carbonyl (C=O) groups excluding carboxylic acids is 2. The van der Waals surface area contributed by atoms with E-state index in [0.29, 0.717) is 16.5 Å². The lowest BCUT2D eigenvalue weighted by molar-refractivity contribution is -0.152. The van der Waals surface area contributed by atoms with Gasteiger partial charge in [0.15, 0.2) is 6.61 Å². The molecule has 154 valence electrons. The minimum Gasteiger partial charge on any atom is -0.455 e. The summed E-state index contributed by atoms with van der Waals surface area (Å²) in [5.74, 6) is -0.666. The van der Waals surface area contributed by atoms with Crippen LogP contribution in [0.4, 0.5) is 0 Å². The lowest BCUT2D eigenvalue weighted by Gasteiger charge is -2.39. The van der Waals surface area contributed by atoms with Gasteiger partial charge in [0.05, 0.1) is 17.5 Å². The highest BCUT2D eigenvalue weighted by Crippen LogP contribution is 2.52. The number of nitrogens with one attached hydrogen (secondary N) is 1. The number of H-pyrrole nitrogens is 1. The average Bonchev–Trinajstić information content (AvgIpc) is 2.91. The number of aromatic amines is 1. The van der Waals surface area contributed by atoms with Gasteiger partial charge in [0.25, 0.3) is 11.5 Å². The minimum absolute atomic E-state index is 0.0985. The molecule has 2 fully saturated rings. The summed E-state index contributed by atoms with van der Waals surface area (Å²) in [7, 11) is 0. The van der Waals surface area contributed by atoms with Crippen molar-refractivity contribution in [3.8, 4) is 0 Å². The third-order valence-corrected chi connectivity index (χ3v) is 6.18. The number of likely N-dealkylation sites (tertiary alicyclic amines) is 1. The van der Waals surface area contributed by atoms with Crippen LogP contribution in [0.25, 0.3) is 10.8 Å². The van der Waals surface area contributed by atoms with Crippen molar-refractivity contribution < 1.29 is 14.3 Å². The average molecular weight is 397 g/mol. The van der Waals surface area contributed by atoms with E-state index in [9.17, 15) is 14.4 Å². The van der Waals surface area contributed by atoms with Crippen LogP contribution in [0.5, 0.6) is 0 Å². The van der Waals surface area contributed by atoms with Crippen LogP contribution in [-0.4, -0.2) is 46.2 Å². The highest BCUT2D eigenvalue weighted by molar-refractivity contribution is 5.87. The number of aromatic nitrogens is 2. The zero-order valence-electron chi connectivity index (χ0n) is 17.2. The molecule has 0 spiro atoms. The molecule has 2 bridgehead atoms. The predicted molar refractivity (Wildman–Crippen MR) is 108 cm³/mol. The molecular formula is C22H27N3O4. The topological polar surface area (TPSA) is 92.4 Å². The number of carbonyl (C=O) groups is 2. The fourth-order valence-corrected chi connectivity index (χ4v) is 5.47. The van der Waals surface area contributed by atoms with Crippen molar-refractivity contribution in [1.82, 2.24) is 15.1 Å². The first-order valence-electron chi connectivity index (χ1n) is 10.1. The Labute approximate surface area is 169 Å². The van der Waals surface area contributed by atoms with Gasteiger partial charge in [-0.2, -0.15) is 5.10 Å². The highest BCUT2D eigenvalue weighted by Gasteiger charge is 2.50. The lowest BCUT2D eigenvalue weighted by atomic mass is 9.65. The zero-order valence-corrected chi connectivity index (χ0v) is 17.2. The molecule has 1 aromatic carbocycles. The Morgan fingerprint density at radius 3 is 2.69 bits per heavy atom. The zero-order chi connectivity index (χ0) is 20.8. The Balaban J connectivity index is 1.39. The summed E-state index contributed by atoms with van der Waals surface area (Å²) >= 11 is 0. The van der Waals surface area contributed by atoms with Crippen molar-refractivity contribution in [2.24, 2.45) is 10.8 Å². The van der Waals surface area contributed by atoms with Gasteiger partial charge >= 0.3 is 5.97 Å². The van der Waals surface area contributed by atoms with Gasteiger partial charge < -0.3 is 9.64 Å². The molecule has 7 heteroatoms. The number of amides is 1. The number of ether oxygens (including phenoxy) is 1. The molecule has 1 aromatic heterocycles. The molecule has 2 heterocycles. The molecule has 1 aliphatic carbocycles. The van der Waals surface area contributed by atoms with Crippen molar-refractivity contribution in [2.45, 2.75) is 52.5 Å². The molecule has 7 nitrogen and oxygen atoms in total. The Kier molecular flexibility index (Phi) is 4.71. The van der Waals surface area contributed by atoms with Crippen LogP contribution >= 0.6 is 0 Å². The first-order valence-corrected chi connectivity index (χ1v) is 10.1. The van der Waals surface area contributed by atoms with Gasteiger partial charge in [-0.05, 0) is 36.2 Å². The predicted octanol–water partition coefficient (Wildman–Crippen LogP) is 2.44. The Hall–Kier alpha value is -2.70. The van der Waals surface area contributed by atoms with Crippen molar-refractivity contribution in [2.75, 3.05) is 13.2 Å². The number of esters is 1. The second kappa shape index (κ2) is 6.97. The number of hydrogen-bond acceptors (Lipinski definition) is 5. The molecule has 1 N–H and O–H groups in total. The normalized spacial score (nSPS) is 25.2. The van der Waals surface area contributed by atoms with E-state index >= 15 is 0 Å². The van der Waals surface area contributed by atoms with Crippen LogP contribution < -0.4 is 5.56 Å². The van der Waals surface area contributed by atoms with E-state index in [1.807, 2.05) is 4.90 Å². The van der Waals surface area contributed by atoms with Crippen molar-refractivity contribution in [1.29, 1.82) is 0 Å². The van der Waals surface area contributed by atoms with E-state index < -0.39 is 5.97 Å². The van der Waals surface area contributed by atoms with Crippen LogP contribution in [0.2, 0.25) is 0 Å². The molecule has 2 atom stereocenters. The van der Waals surface area contributed by atoms with Crippen LogP contribution in [0.15, 0.2) is 29.1 Å². The number of nitrogens with zero attached hydrogens (tertiary/aromatic N) is 2. The summed E-state index contributed by atoms with van der Waals surface area (Å²) in [6, 6.07) is 7.20. The van der Waals surface area contributed by atoms with Gasteiger partial charge in [-0.15, -0.1) is 0 Å². The molecule has 1 aliphatic heterocycles. The number of fused-ring (bicyclic) bond motifs is 3. The molecule has 0 radical (unpaired) electrons. The maximum Gasteiger partial charge on any atom is 0.312 e. The fraction of sp³-hybridized carbons (Fsp3) is 0.545. The van der Waals surface area contributed by atoms with Gasteiger partial charge in [0.2, 0.25) is 0 Å². The summed E-state index contributed by atoms with van der Waals surface area (Å²) in [6.45, 7) is 7.23. The molecule has 2 aliphatic rings. The van der Waals surface area contributed by atoms with Crippen LogP contribution in [0, 0.1) is 10.8 Å². The minimum atomic E-state index is -0.531. The molecule has 1 saturated heterocycles. The molecule has 1 amide bonds. The van der Waals surface area contributed by atoms with Gasteiger partial charge in [-0.25, -0.2) is 5.10 Å². The lowest BCUT2D eigenvalue weighted by Crippen LogP contribution is -2.40. The summed E-state index contributed by atoms with van der Waals surface area (Å²) in [5.41, 5.74) is 0.499. The third kappa shape index (κ3) is 3.91. The smallest absolute Gasteiger partial charge is 0.312 e. The van der Waals surface area contributed by atoms with Gasteiger partial charge in [-0.3, -0.25) is 14.4 Å². The third-order valence-electron chi connectivity index (χ3n) is 6.18. The highest BCUT2D eigenvalue weighted by atomic mass is 16.5. The van der Waals surface area contributed by atoms with E-state index in [4.69, 9.17) is 4.74 Å².